The molecule has 0 aliphatic carbocycles. The summed E-state index contributed by atoms with van der Waals surface area (Å²) in [4.78, 5) is 14.9. The average molecular weight is 437 g/mol. The molecule has 2 aliphatic rings. The van der Waals surface area contributed by atoms with E-state index in [4.69, 9.17) is 0 Å². The van der Waals surface area contributed by atoms with Crippen molar-refractivity contribution in [3.8, 4) is 6.07 Å². The molecule has 2 aromatic rings. The van der Waals surface area contributed by atoms with Crippen molar-refractivity contribution in [2.45, 2.75) is 44.0 Å². The van der Waals surface area contributed by atoms with E-state index in [-0.39, 0.29) is 11.4 Å². The fourth-order valence-corrected chi connectivity index (χ4v) is 5.44. The van der Waals surface area contributed by atoms with Gasteiger partial charge in [0.2, 0.25) is 14.9 Å². The van der Waals surface area contributed by atoms with Crippen molar-refractivity contribution in [3.05, 3.63) is 59.2 Å². The molecule has 2 heterocycles. The molecule has 0 saturated carbocycles. The molecular weight excluding hydrogens is 412 g/mol. The normalized spacial score (nSPS) is 17.9. The first-order valence-corrected chi connectivity index (χ1v) is 11.9. The number of likely N-dealkylation sites (tertiary alicyclic amines) is 1. The first-order chi connectivity index (χ1) is 14.9. The number of fused-ring (bicyclic) bond motifs is 1. The van der Waals surface area contributed by atoms with E-state index in [0.717, 1.165) is 36.8 Å². The van der Waals surface area contributed by atoms with E-state index >= 15 is 0 Å². The zero-order valence-corrected chi connectivity index (χ0v) is 18.2. The van der Waals surface area contributed by atoms with Crippen LogP contribution in [0.1, 0.15) is 42.4 Å². The van der Waals surface area contributed by atoms with Crippen molar-refractivity contribution >= 4 is 26.5 Å². The number of hydrogen-bond acceptors (Lipinski definition) is 6. The van der Waals surface area contributed by atoms with Gasteiger partial charge >= 0.3 is 0 Å². The third kappa shape index (κ3) is 4.19. The standard InChI is InChI=1S/C23H24N4O3S/c1-17-9-10-21-20(13-17)27(16-19-8-6-7-18(14-19)15-24)25-22(31(21,29)30)23(28)26-11-4-2-3-5-12-26/h6-10,13-14H,2-5,11-12,16H2,1H3. The van der Waals surface area contributed by atoms with E-state index in [9.17, 15) is 18.5 Å². The Morgan fingerprint density at radius 3 is 2.55 bits per heavy atom. The lowest BCUT2D eigenvalue weighted by molar-refractivity contribution is -0.123. The van der Waals surface area contributed by atoms with E-state index in [1.165, 1.54) is 0 Å². The maximum Gasteiger partial charge on any atom is 0.286 e. The second kappa shape index (κ2) is 8.52. The van der Waals surface area contributed by atoms with Gasteiger partial charge in [-0.25, -0.2) is 8.42 Å². The van der Waals surface area contributed by atoms with Gasteiger partial charge in [0, 0.05) is 13.1 Å². The summed E-state index contributed by atoms with van der Waals surface area (Å²) >= 11 is 0. The third-order valence-electron chi connectivity index (χ3n) is 5.61. The fourth-order valence-electron chi connectivity index (χ4n) is 3.98. The largest absolute Gasteiger partial charge is 0.337 e. The number of anilines is 1. The number of sulfone groups is 1. The van der Waals surface area contributed by atoms with E-state index in [1.54, 1.807) is 46.3 Å². The van der Waals surface area contributed by atoms with E-state index in [2.05, 4.69) is 11.2 Å². The summed E-state index contributed by atoms with van der Waals surface area (Å²) in [7, 11) is -4.03. The van der Waals surface area contributed by atoms with Gasteiger partial charge in [-0.3, -0.25) is 9.80 Å². The van der Waals surface area contributed by atoms with Gasteiger partial charge < -0.3 is 4.90 Å². The zero-order valence-electron chi connectivity index (χ0n) is 17.4. The smallest absolute Gasteiger partial charge is 0.286 e. The summed E-state index contributed by atoms with van der Waals surface area (Å²) in [5, 5.41) is 14.7. The Balaban J connectivity index is 1.78. The summed E-state index contributed by atoms with van der Waals surface area (Å²) in [5.41, 5.74) is 2.64. The van der Waals surface area contributed by atoms with Crippen LogP contribution in [0.3, 0.4) is 0 Å². The summed E-state index contributed by atoms with van der Waals surface area (Å²) in [6, 6.07) is 14.2. The van der Waals surface area contributed by atoms with Gasteiger partial charge in [0.05, 0.1) is 28.8 Å². The minimum atomic E-state index is -4.03. The molecule has 8 heteroatoms. The third-order valence-corrected chi connectivity index (χ3v) is 7.30. The summed E-state index contributed by atoms with van der Waals surface area (Å²) in [6.45, 7) is 3.21. The number of carbonyl (C=O) groups is 1. The van der Waals surface area contributed by atoms with E-state index in [0.29, 0.717) is 24.3 Å². The maximum atomic E-state index is 13.3. The lowest BCUT2D eigenvalue weighted by Crippen LogP contribution is -2.43. The monoisotopic (exact) mass is 436 g/mol. The number of hydrogen-bond donors (Lipinski definition) is 0. The number of nitrogens with zero attached hydrogens (tertiary/aromatic N) is 4. The fraction of sp³-hybridized carbons (Fsp3) is 0.348. The molecule has 160 valence electrons. The number of benzene rings is 2. The Bertz CT molecular complexity index is 1190. The quantitative estimate of drug-likeness (QED) is 0.735. The lowest BCUT2D eigenvalue weighted by atomic mass is 10.1. The molecular formula is C23H24N4O3S. The van der Waals surface area contributed by atoms with Crippen LogP contribution in [0, 0.1) is 18.3 Å². The van der Waals surface area contributed by atoms with Gasteiger partial charge in [-0.1, -0.05) is 31.0 Å². The Labute approximate surface area is 182 Å². The molecule has 1 fully saturated rings. The van der Waals surface area contributed by atoms with Crippen molar-refractivity contribution in [2.75, 3.05) is 18.1 Å². The van der Waals surface area contributed by atoms with Crippen LogP contribution in [-0.2, 0) is 21.2 Å². The molecule has 0 atom stereocenters. The molecule has 1 amide bonds. The Morgan fingerprint density at radius 2 is 1.84 bits per heavy atom. The molecule has 0 radical (unpaired) electrons. The van der Waals surface area contributed by atoms with Crippen molar-refractivity contribution in [3.63, 3.8) is 0 Å². The molecule has 0 spiro atoms. The number of aryl methyl sites for hydroxylation is 1. The van der Waals surface area contributed by atoms with E-state index < -0.39 is 20.8 Å². The number of amides is 1. The Hall–Kier alpha value is -3.18. The van der Waals surface area contributed by atoms with Crippen molar-refractivity contribution in [2.24, 2.45) is 5.10 Å². The SMILES string of the molecule is Cc1ccc2c(c1)N(Cc1cccc(C#N)c1)N=C(C(=O)N1CCCCCC1)S2(=O)=O. The Kier molecular flexibility index (Phi) is 5.79. The molecule has 0 N–H and O–H groups in total. The zero-order chi connectivity index (χ0) is 22.0. The highest BCUT2D eigenvalue weighted by Crippen LogP contribution is 2.34. The molecule has 0 unspecified atom stereocenters. The number of rotatable bonds is 3. The first-order valence-electron chi connectivity index (χ1n) is 10.4. The van der Waals surface area contributed by atoms with Crippen LogP contribution in [0.15, 0.2) is 52.5 Å². The molecule has 1 saturated heterocycles. The summed E-state index contributed by atoms with van der Waals surface area (Å²) < 4.78 is 26.7. The molecule has 0 bridgehead atoms. The van der Waals surface area contributed by atoms with Gasteiger partial charge in [0.25, 0.3) is 5.91 Å². The van der Waals surface area contributed by atoms with Gasteiger partial charge in [-0.05, 0) is 55.2 Å². The van der Waals surface area contributed by atoms with Gasteiger partial charge in [0.1, 0.15) is 0 Å². The highest BCUT2D eigenvalue weighted by atomic mass is 32.2. The van der Waals surface area contributed by atoms with Crippen LogP contribution in [0.5, 0.6) is 0 Å². The highest BCUT2D eigenvalue weighted by molar-refractivity contribution is 8.08. The molecule has 0 aromatic heterocycles. The minimum absolute atomic E-state index is 0.0858. The number of hydrazone groups is 1. The van der Waals surface area contributed by atoms with Crippen molar-refractivity contribution in [1.82, 2.24) is 4.90 Å². The van der Waals surface area contributed by atoms with Gasteiger partial charge in [0.15, 0.2) is 0 Å². The topological polar surface area (TPSA) is 93.8 Å². The van der Waals surface area contributed by atoms with Crippen molar-refractivity contribution < 1.29 is 13.2 Å². The molecule has 2 aromatic carbocycles. The van der Waals surface area contributed by atoms with Crippen LogP contribution in [0.2, 0.25) is 0 Å². The summed E-state index contributed by atoms with van der Waals surface area (Å²) in [6.07, 6.45) is 3.79. The predicted molar refractivity (Wildman–Crippen MR) is 118 cm³/mol. The second-order valence-electron chi connectivity index (χ2n) is 7.96. The van der Waals surface area contributed by atoms with Crippen LogP contribution < -0.4 is 5.01 Å². The maximum absolute atomic E-state index is 13.3. The number of nitriles is 1. The van der Waals surface area contributed by atoms with Crippen LogP contribution >= 0.6 is 0 Å². The van der Waals surface area contributed by atoms with Crippen LogP contribution in [0.25, 0.3) is 0 Å². The highest BCUT2D eigenvalue weighted by Gasteiger charge is 2.39. The second-order valence-corrected chi connectivity index (χ2v) is 9.79. The molecule has 7 nitrogen and oxygen atoms in total. The lowest BCUT2D eigenvalue weighted by Gasteiger charge is -2.29. The number of carbonyl (C=O) groups excluding carboxylic acids is 1. The first kappa shape index (κ1) is 21.1. The van der Waals surface area contributed by atoms with Crippen LogP contribution in [-0.4, -0.2) is 37.4 Å². The minimum Gasteiger partial charge on any atom is -0.337 e. The molecule has 2 aliphatic heterocycles. The Morgan fingerprint density at radius 1 is 1.10 bits per heavy atom. The predicted octanol–water partition coefficient (Wildman–Crippen LogP) is 3.38. The molecule has 31 heavy (non-hydrogen) atoms. The van der Waals surface area contributed by atoms with Crippen LogP contribution in [0.4, 0.5) is 5.69 Å². The van der Waals surface area contributed by atoms with E-state index in [1.807, 2.05) is 13.0 Å². The van der Waals surface area contributed by atoms with Crippen molar-refractivity contribution in [1.29, 1.82) is 5.26 Å². The van der Waals surface area contributed by atoms with Gasteiger partial charge in [-0.15, -0.1) is 0 Å². The van der Waals surface area contributed by atoms with Gasteiger partial charge in [-0.2, -0.15) is 10.4 Å². The summed E-state index contributed by atoms with van der Waals surface area (Å²) in [5.74, 6) is -0.538. The average Bonchev–Trinajstić information content (AvgIpc) is 3.05. The molecule has 4 rings (SSSR count).